The van der Waals surface area contributed by atoms with Crippen LogP contribution in [0.3, 0.4) is 0 Å². The summed E-state index contributed by atoms with van der Waals surface area (Å²) >= 11 is 0. The van der Waals surface area contributed by atoms with Crippen LogP contribution in [0.4, 0.5) is 11.6 Å². The minimum Gasteiger partial charge on any atom is -0.324 e. The first-order chi connectivity index (χ1) is 16.7. The van der Waals surface area contributed by atoms with Crippen LogP contribution in [0.5, 0.6) is 0 Å². The van der Waals surface area contributed by atoms with Crippen molar-refractivity contribution in [2.24, 2.45) is 0 Å². The summed E-state index contributed by atoms with van der Waals surface area (Å²) in [5.74, 6) is 0.459. The van der Waals surface area contributed by atoms with Gasteiger partial charge in [0, 0.05) is 41.3 Å². The minimum atomic E-state index is -0.122. The van der Waals surface area contributed by atoms with Gasteiger partial charge in [0.15, 0.2) is 5.65 Å². The lowest BCUT2D eigenvalue weighted by atomic mass is 9.91. The molecular weight excluding hydrogens is 438 g/mol. The minimum absolute atomic E-state index is 0.0591. The largest absolute Gasteiger partial charge is 0.324 e. The average Bonchev–Trinajstić information content (AvgIpc) is 3.36. The maximum atomic E-state index is 13.3. The van der Waals surface area contributed by atoms with E-state index < -0.39 is 0 Å². The molecule has 1 atom stereocenters. The number of hydrogen-bond donors (Lipinski definition) is 2. The van der Waals surface area contributed by atoms with Crippen LogP contribution in [0, 0.1) is 0 Å². The van der Waals surface area contributed by atoms with Crippen molar-refractivity contribution >= 4 is 22.7 Å². The van der Waals surface area contributed by atoms with E-state index in [0.717, 1.165) is 29.9 Å². The van der Waals surface area contributed by atoms with Gasteiger partial charge in [0.1, 0.15) is 5.39 Å². The fourth-order valence-electron chi connectivity index (χ4n) is 4.76. The molecule has 1 aromatic carbocycles. The lowest BCUT2D eigenvalue weighted by Gasteiger charge is -2.20. The Hall–Kier alpha value is -3.52. The van der Waals surface area contributed by atoms with Crippen molar-refractivity contribution in [3.05, 3.63) is 69.9 Å². The molecule has 0 spiro atoms. The monoisotopic (exact) mass is 471 g/mol. The normalized spacial score (nSPS) is 15.7. The molecule has 3 aromatic heterocycles. The summed E-state index contributed by atoms with van der Waals surface area (Å²) in [6, 6.07) is 10.8. The van der Waals surface area contributed by atoms with Crippen LogP contribution in [0.25, 0.3) is 16.7 Å². The molecule has 1 aliphatic rings. The number of fused-ring (bicyclic) bond motifs is 2. The topological polar surface area (TPSA) is 89.7 Å². The summed E-state index contributed by atoms with van der Waals surface area (Å²) < 4.78 is 3.63. The van der Waals surface area contributed by atoms with Crippen molar-refractivity contribution in [2.75, 3.05) is 12.4 Å². The summed E-state index contributed by atoms with van der Waals surface area (Å²) in [7, 11) is 2.01. The molecule has 8 nitrogen and oxygen atoms in total. The van der Waals surface area contributed by atoms with Gasteiger partial charge in [0.05, 0.1) is 5.69 Å². The molecule has 0 fully saturated rings. The lowest BCUT2D eigenvalue weighted by Crippen LogP contribution is -2.24. The first-order valence-corrected chi connectivity index (χ1v) is 12.2. The van der Waals surface area contributed by atoms with E-state index >= 15 is 0 Å². The molecule has 0 saturated carbocycles. The first kappa shape index (κ1) is 23.2. The Bertz CT molecular complexity index is 1460. The summed E-state index contributed by atoms with van der Waals surface area (Å²) in [4.78, 5) is 27.2. The highest BCUT2D eigenvalue weighted by molar-refractivity contribution is 5.77. The molecule has 0 amide bonds. The number of benzene rings is 1. The van der Waals surface area contributed by atoms with Gasteiger partial charge >= 0.3 is 0 Å². The predicted molar refractivity (Wildman–Crippen MR) is 140 cm³/mol. The number of nitrogens with one attached hydrogen (secondary N) is 2. The third-order valence-electron chi connectivity index (χ3n) is 6.67. The molecule has 2 N–H and O–H groups in total. The van der Waals surface area contributed by atoms with Gasteiger partial charge in [-0.2, -0.15) is 4.98 Å². The van der Waals surface area contributed by atoms with E-state index in [1.165, 1.54) is 11.1 Å². The zero-order valence-electron chi connectivity index (χ0n) is 21.3. The number of likely N-dealkylation sites (N-methyl/N-ethyl adjacent to an activating group) is 1. The lowest BCUT2D eigenvalue weighted by molar-refractivity contribution is 0.474. The molecule has 4 aromatic rings. The van der Waals surface area contributed by atoms with Crippen LogP contribution in [0.2, 0.25) is 0 Å². The van der Waals surface area contributed by atoms with Crippen molar-refractivity contribution in [3.63, 3.8) is 0 Å². The van der Waals surface area contributed by atoms with E-state index in [1.54, 1.807) is 17.1 Å². The zero-order chi connectivity index (χ0) is 24.9. The fourth-order valence-corrected chi connectivity index (χ4v) is 4.76. The third kappa shape index (κ3) is 4.23. The molecule has 0 radical (unpaired) electrons. The number of hydrogen-bond acceptors (Lipinski definition) is 6. The number of aromatic nitrogens is 5. The Balaban J connectivity index is 1.60. The molecule has 5 rings (SSSR count). The second-order valence-electron chi connectivity index (χ2n) is 10.6. The third-order valence-corrected chi connectivity index (χ3v) is 6.67. The van der Waals surface area contributed by atoms with Crippen molar-refractivity contribution in [2.45, 2.75) is 65.0 Å². The van der Waals surface area contributed by atoms with Crippen molar-refractivity contribution in [1.29, 1.82) is 0 Å². The number of rotatable bonds is 5. The van der Waals surface area contributed by atoms with Gasteiger partial charge in [-0.3, -0.25) is 9.78 Å². The molecule has 182 valence electrons. The van der Waals surface area contributed by atoms with Crippen LogP contribution < -0.4 is 16.2 Å². The molecule has 35 heavy (non-hydrogen) atoms. The van der Waals surface area contributed by atoms with E-state index in [2.05, 4.69) is 59.6 Å². The van der Waals surface area contributed by atoms with Crippen molar-refractivity contribution in [1.82, 2.24) is 29.6 Å². The highest BCUT2D eigenvalue weighted by Crippen LogP contribution is 2.28. The maximum absolute atomic E-state index is 13.3. The van der Waals surface area contributed by atoms with E-state index in [-0.39, 0.29) is 17.0 Å². The number of nitrogens with zero attached hydrogens (tertiary/aromatic N) is 5. The summed E-state index contributed by atoms with van der Waals surface area (Å²) in [5.41, 5.74) is 5.80. The van der Waals surface area contributed by atoms with Crippen LogP contribution in [0.15, 0.2) is 47.5 Å². The molecule has 1 unspecified atom stereocenters. The first-order valence-electron chi connectivity index (χ1n) is 12.2. The van der Waals surface area contributed by atoms with Crippen LogP contribution in [-0.4, -0.2) is 37.4 Å². The second kappa shape index (κ2) is 8.61. The van der Waals surface area contributed by atoms with Gasteiger partial charge in [-0.05, 0) is 69.1 Å². The predicted octanol–water partition coefficient (Wildman–Crippen LogP) is 4.29. The second-order valence-corrected chi connectivity index (χ2v) is 10.6. The van der Waals surface area contributed by atoms with E-state index in [9.17, 15) is 4.79 Å². The Kier molecular flexibility index (Phi) is 5.71. The van der Waals surface area contributed by atoms with Crippen LogP contribution in [-0.2, 0) is 18.3 Å². The smallest absolute Gasteiger partial charge is 0.278 e. The van der Waals surface area contributed by atoms with E-state index in [0.29, 0.717) is 23.0 Å². The SMILES string of the molecule is CNC1Cc2ccc(Nc3ncc4c(=O)n(C(C)C)n(-c5ccnc(C(C)(C)C)c5)c4n3)cc2C1. The molecule has 0 aliphatic heterocycles. The molecular formula is C27H33N7O. The fraction of sp³-hybridized carbons (Fsp3) is 0.407. The van der Waals surface area contributed by atoms with Crippen LogP contribution in [0.1, 0.15) is 57.5 Å². The molecule has 0 saturated heterocycles. The average molecular weight is 472 g/mol. The molecule has 8 heteroatoms. The van der Waals surface area contributed by atoms with E-state index in [4.69, 9.17) is 4.98 Å². The highest BCUT2D eigenvalue weighted by Gasteiger charge is 2.23. The summed E-state index contributed by atoms with van der Waals surface area (Å²) in [5, 5.41) is 7.21. The standard InChI is InChI=1S/C27H33N7O/c1-16(2)33-25(35)22-15-30-26(31-19-8-7-17-11-20(28-6)13-18(17)12-19)32-24(22)34(33)21-9-10-29-23(14-21)27(3,4)5/h7-10,12,14-16,20,28H,11,13H2,1-6H3,(H,30,31,32). The highest BCUT2D eigenvalue weighted by atomic mass is 16.1. The van der Waals surface area contributed by atoms with Gasteiger partial charge in [-0.1, -0.05) is 26.8 Å². The Morgan fingerprint density at radius 1 is 1.06 bits per heavy atom. The van der Waals surface area contributed by atoms with Gasteiger partial charge in [0.2, 0.25) is 5.95 Å². The van der Waals surface area contributed by atoms with Gasteiger partial charge in [-0.15, -0.1) is 0 Å². The quantitative estimate of drug-likeness (QED) is 0.451. The molecule has 0 bridgehead atoms. The Morgan fingerprint density at radius 2 is 1.83 bits per heavy atom. The van der Waals surface area contributed by atoms with Gasteiger partial charge < -0.3 is 10.6 Å². The summed E-state index contributed by atoms with van der Waals surface area (Å²) in [6.07, 6.45) is 5.47. The molecule has 1 aliphatic carbocycles. The zero-order valence-corrected chi connectivity index (χ0v) is 21.3. The van der Waals surface area contributed by atoms with Gasteiger partial charge in [-0.25, -0.2) is 14.3 Å². The Labute approximate surface area is 205 Å². The van der Waals surface area contributed by atoms with Crippen LogP contribution >= 0.6 is 0 Å². The number of pyridine rings is 1. The van der Waals surface area contributed by atoms with Crippen molar-refractivity contribution in [3.8, 4) is 5.69 Å². The maximum Gasteiger partial charge on any atom is 0.278 e. The molecule has 3 heterocycles. The van der Waals surface area contributed by atoms with Gasteiger partial charge in [0.25, 0.3) is 5.56 Å². The number of anilines is 2. The van der Waals surface area contributed by atoms with E-state index in [1.807, 2.05) is 37.7 Å². The van der Waals surface area contributed by atoms with Crippen molar-refractivity contribution < 1.29 is 0 Å². The summed E-state index contributed by atoms with van der Waals surface area (Å²) in [6.45, 7) is 10.4. The Morgan fingerprint density at radius 3 is 2.54 bits per heavy atom.